The molecule has 0 spiro atoms. The number of carbonyl (C=O) groups excluding carboxylic acids is 1. The van der Waals surface area contributed by atoms with Crippen LogP contribution in [0.3, 0.4) is 0 Å². The molecule has 0 atom stereocenters. The van der Waals surface area contributed by atoms with Gasteiger partial charge in [0.25, 0.3) is 5.91 Å². The molecule has 1 aliphatic heterocycles. The predicted molar refractivity (Wildman–Crippen MR) is 125 cm³/mol. The third kappa shape index (κ3) is 3.53. The minimum Gasteiger partial charge on any atom is -0.492 e. The van der Waals surface area contributed by atoms with Gasteiger partial charge in [0.1, 0.15) is 12.4 Å². The number of hydrogen-bond acceptors (Lipinski definition) is 2. The fourth-order valence-electron chi connectivity index (χ4n) is 3.81. The Hall–Kier alpha value is -3.31. The predicted octanol–water partition coefficient (Wildman–Crippen LogP) is 5.98. The first-order chi connectivity index (χ1) is 14.7. The average molecular weight is 459 g/mol. The molecule has 1 aliphatic rings. The van der Waals surface area contributed by atoms with Crippen LogP contribution in [0.5, 0.6) is 5.75 Å². The molecule has 3 aromatic carbocycles. The van der Waals surface area contributed by atoms with Crippen LogP contribution in [0.1, 0.15) is 11.1 Å². The second-order valence-electron chi connectivity index (χ2n) is 7.16. The van der Waals surface area contributed by atoms with Gasteiger partial charge in [-0.1, -0.05) is 52.3 Å². The van der Waals surface area contributed by atoms with Crippen LogP contribution >= 0.6 is 15.9 Å². The molecule has 1 aromatic heterocycles. The van der Waals surface area contributed by atoms with E-state index in [9.17, 15) is 4.79 Å². The van der Waals surface area contributed by atoms with Crippen LogP contribution in [0.4, 0.5) is 5.69 Å². The van der Waals surface area contributed by atoms with E-state index >= 15 is 0 Å². The van der Waals surface area contributed by atoms with Gasteiger partial charge >= 0.3 is 0 Å². The number of aromatic nitrogens is 1. The Balaban J connectivity index is 1.50. The van der Waals surface area contributed by atoms with E-state index in [2.05, 4.69) is 44.1 Å². The van der Waals surface area contributed by atoms with Gasteiger partial charge in [-0.3, -0.25) is 4.79 Å². The second-order valence-corrected chi connectivity index (χ2v) is 8.07. The maximum Gasteiger partial charge on any atom is 0.256 e. The first-order valence-electron chi connectivity index (χ1n) is 9.78. The molecule has 5 rings (SSSR count). The molecule has 4 aromatic rings. The summed E-state index contributed by atoms with van der Waals surface area (Å²) < 4.78 is 9.06. The summed E-state index contributed by atoms with van der Waals surface area (Å²) in [4.78, 5) is 12.6. The van der Waals surface area contributed by atoms with Gasteiger partial charge in [0, 0.05) is 44.0 Å². The van der Waals surface area contributed by atoms with Gasteiger partial charge in [-0.2, -0.15) is 0 Å². The highest BCUT2D eigenvalue weighted by molar-refractivity contribution is 9.10. The van der Waals surface area contributed by atoms with Crippen molar-refractivity contribution in [1.82, 2.24) is 4.57 Å². The van der Waals surface area contributed by atoms with Crippen LogP contribution in [0.2, 0.25) is 0 Å². The van der Waals surface area contributed by atoms with Gasteiger partial charge < -0.3 is 14.6 Å². The number of ether oxygens (including phenoxy) is 1. The highest BCUT2D eigenvalue weighted by atomic mass is 79.9. The first kappa shape index (κ1) is 18.7. The minimum absolute atomic E-state index is 0.0699. The van der Waals surface area contributed by atoms with E-state index in [1.807, 2.05) is 66.7 Å². The third-order valence-corrected chi connectivity index (χ3v) is 5.72. The number of nitrogens with zero attached hydrogens (tertiary/aromatic N) is 1. The Morgan fingerprint density at radius 1 is 1.00 bits per heavy atom. The zero-order valence-corrected chi connectivity index (χ0v) is 17.7. The van der Waals surface area contributed by atoms with Crippen LogP contribution in [-0.2, 0) is 11.3 Å². The number of rotatable bonds is 5. The molecule has 5 heteroatoms. The van der Waals surface area contributed by atoms with Crippen molar-refractivity contribution in [2.75, 3.05) is 11.9 Å². The molecule has 0 fully saturated rings. The lowest BCUT2D eigenvalue weighted by molar-refractivity contribution is -0.110. The molecule has 1 amide bonds. The van der Waals surface area contributed by atoms with Crippen LogP contribution in [0, 0.1) is 0 Å². The summed E-state index contributed by atoms with van der Waals surface area (Å²) in [5, 5.41) is 4.03. The van der Waals surface area contributed by atoms with E-state index in [-0.39, 0.29) is 5.91 Å². The summed E-state index contributed by atoms with van der Waals surface area (Å²) in [6.07, 6.45) is 4.07. The van der Waals surface area contributed by atoms with Gasteiger partial charge in [-0.15, -0.1) is 0 Å². The summed E-state index contributed by atoms with van der Waals surface area (Å²) in [5.74, 6) is 0.790. The van der Waals surface area contributed by atoms with Crippen LogP contribution < -0.4 is 10.1 Å². The highest BCUT2D eigenvalue weighted by Gasteiger charge is 2.24. The third-order valence-electron chi connectivity index (χ3n) is 5.23. The van der Waals surface area contributed by atoms with Crippen LogP contribution in [0.15, 0.2) is 83.5 Å². The lowest BCUT2D eigenvalue weighted by atomic mass is 10.0. The quantitative estimate of drug-likeness (QED) is 0.374. The Morgan fingerprint density at radius 3 is 2.67 bits per heavy atom. The lowest BCUT2D eigenvalue weighted by Gasteiger charge is -2.08. The number of halogens is 1. The van der Waals surface area contributed by atoms with Crippen molar-refractivity contribution < 1.29 is 9.53 Å². The van der Waals surface area contributed by atoms with Crippen LogP contribution in [0.25, 0.3) is 22.6 Å². The summed E-state index contributed by atoms with van der Waals surface area (Å²) in [7, 11) is 0. The van der Waals surface area contributed by atoms with E-state index in [1.54, 1.807) is 0 Å². The lowest BCUT2D eigenvalue weighted by Crippen LogP contribution is -2.07. The number of amides is 1. The largest absolute Gasteiger partial charge is 0.492 e. The van der Waals surface area contributed by atoms with E-state index in [0.29, 0.717) is 18.7 Å². The summed E-state index contributed by atoms with van der Waals surface area (Å²) in [6, 6.07) is 23.8. The maximum absolute atomic E-state index is 12.6. The van der Waals surface area contributed by atoms with Crippen molar-refractivity contribution in [3.63, 3.8) is 0 Å². The molecule has 1 N–H and O–H groups in total. The number of nitrogens with one attached hydrogen (secondary N) is 1. The summed E-state index contributed by atoms with van der Waals surface area (Å²) in [5.41, 5.74) is 4.59. The zero-order valence-electron chi connectivity index (χ0n) is 16.1. The van der Waals surface area contributed by atoms with E-state index in [0.717, 1.165) is 37.9 Å². The standard InChI is InChI=1S/C25H19BrN2O2/c26-18-10-11-24-21(15-18)17(14-22-20-8-4-5-9-23(20)27-25(22)29)16-28(24)12-13-30-19-6-2-1-3-7-19/h1-11,14-16H,12-13H2,(H,27,29)/b22-14+. The fourth-order valence-corrected chi connectivity index (χ4v) is 4.17. The Kier molecular flexibility index (Phi) is 4.89. The number of carbonyl (C=O) groups is 1. The number of para-hydroxylation sites is 2. The molecule has 0 aliphatic carbocycles. The fraction of sp³-hybridized carbons (Fsp3) is 0.0800. The number of hydrogen-bond donors (Lipinski definition) is 1. The van der Waals surface area contributed by atoms with Gasteiger partial charge in [-0.25, -0.2) is 0 Å². The molecule has 0 saturated carbocycles. The van der Waals surface area contributed by atoms with Crippen molar-refractivity contribution >= 4 is 50.1 Å². The molecule has 2 heterocycles. The second kappa shape index (κ2) is 7.84. The molecular weight excluding hydrogens is 440 g/mol. The van der Waals surface area contributed by atoms with Crippen molar-refractivity contribution in [2.45, 2.75) is 6.54 Å². The molecule has 30 heavy (non-hydrogen) atoms. The Bertz CT molecular complexity index is 1280. The van der Waals surface area contributed by atoms with Gasteiger partial charge in [0.05, 0.1) is 6.54 Å². The Morgan fingerprint density at radius 2 is 1.80 bits per heavy atom. The van der Waals surface area contributed by atoms with E-state index < -0.39 is 0 Å². The minimum atomic E-state index is -0.0699. The maximum atomic E-state index is 12.6. The molecular formula is C25H19BrN2O2. The molecule has 0 bridgehead atoms. The molecule has 148 valence electrons. The molecule has 0 unspecified atom stereocenters. The average Bonchev–Trinajstić information content (AvgIpc) is 3.26. The Labute approximate surface area is 182 Å². The summed E-state index contributed by atoms with van der Waals surface area (Å²) >= 11 is 3.58. The van der Waals surface area contributed by atoms with Gasteiger partial charge in [0.2, 0.25) is 0 Å². The number of fused-ring (bicyclic) bond motifs is 2. The zero-order chi connectivity index (χ0) is 20.5. The smallest absolute Gasteiger partial charge is 0.256 e. The molecule has 4 nitrogen and oxygen atoms in total. The van der Waals surface area contributed by atoms with E-state index in [1.165, 1.54) is 0 Å². The summed E-state index contributed by atoms with van der Waals surface area (Å²) in [6.45, 7) is 1.27. The van der Waals surface area contributed by atoms with E-state index in [4.69, 9.17) is 4.74 Å². The van der Waals surface area contributed by atoms with Crippen molar-refractivity contribution in [2.24, 2.45) is 0 Å². The molecule has 0 saturated heterocycles. The SMILES string of the molecule is O=C1Nc2ccccc2/C1=C\c1cn(CCOc2ccccc2)c2ccc(Br)cc12. The number of anilines is 1. The molecule has 0 radical (unpaired) electrons. The monoisotopic (exact) mass is 458 g/mol. The topological polar surface area (TPSA) is 43.3 Å². The van der Waals surface area contributed by atoms with Crippen molar-refractivity contribution in [1.29, 1.82) is 0 Å². The van der Waals surface area contributed by atoms with Gasteiger partial charge in [0.15, 0.2) is 0 Å². The van der Waals surface area contributed by atoms with Crippen LogP contribution in [-0.4, -0.2) is 17.1 Å². The normalized spacial score (nSPS) is 14.2. The highest BCUT2D eigenvalue weighted by Crippen LogP contribution is 2.35. The number of benzene rings is 3. The van der Waals surface area contributed by atoms with Crippen molar-refractivity contribution in [3.05, 3.63) is 94.6 Å². The van der Waals surface area contributed by atoms with Crippen molar-refractivity contribution in [3.8, 4) is 5.75 Å². The van der Waals surface area contributed by atoms with Gasteiger partial charge in [-0.05, 0) is 42.5 Å². The first-order valence-corrected chi connectivity index (χ1v) is 10.6.